The van der Waals surface area contributed by atoms with Gasteiger partial charge in [0.1, 0.15) is 5.82 Å². The van der Waals surface area contributed by atoms with Crippen LogP contribution >= 0.6 is 11.6 Å². The second-order valence-electron chi connectivity index (χ2n) is 5.18. The molecule has 0 atom stereocenters. The van der Waals surface area contributed by atoms with Crippen molar-refractivity contribution < 1.29 is 9.18 Å². The van der Waals surface area contributed by atoms with Crippen molar-refractivity contribution in [2.45, 2.75) is 19.4 Å². The zero-order valence-corrected chi connectivity index (χ0v) is 12.2. The first-order valence-corrected chi connectivity index (χ1v) is 7.32. The minimum atomic E-state index is -0.501. The van der Waals surface area contributed by atoms with Crippen LogP contribution in [0.4, 0.5) is 4.39 Å². The van der Waals surface area contributed by atoms with Crippen molar-refractivity contribution >= 4 is 17.4 Å². The molecular formula is C17H15ClFNO. The number of benzene rings is 2. The Labute approximate surface area is 127 Å². The Morgan fingerprint density at radius 3 is 2.90 bits per heavy atom. The van der Waals surface area contributed by atoms with Crippen LogP contribution in [0.5, 0.6) is 0 Å². The molecule has 108 valence electrons. The molecule has 1 heterocycles. The van der Waals surface area contributed by atoms with Crippen molar-refractivity contribution in [1.29, 1.82) is 0 Å². The average molecular weight is 304 g/mol. The molecule has 0 saturated heterocycles. The average Bonchev–Trinajstić information content (AvgIpc) is 2.51. The summed E-state index contributed by atoms with van der Waals surface area (Å²) in [7, 11) is 0. The Bertz CT molecular complexity index is 699. The van der Waals surface area contributed by atoms with Crippen LogP contribution in [0.3, 0.4) is 0 Å². The van der Waals surface area contributed by atoms with E-state index in [2.05, 4.69) is 5.32 Å². The Hall–Kier alpha value is -1.71. The summed E-state index contributed by atoms with van der Waals surface area (Å²) in [5.74, 6) is -0.561. The van der Waals surface area contributed by atoms with Crippen molar-refractivity contribution in [3.63, 3.8) is 0 Å². The van der Waals surface area contributed by atoms with Crippen LogP contribution in [0.1, 0.15) is 27.0 Å². The molecule has 0 spiro atoms. The first kappa shape index (κ1) is 14.2. The third kappa shape index (κ3) is 2.85. The van der Waals surface area contributed by atoms with Crippen molar-refractivity contribution in [1.82, 2.24) is 5.32 Å². The fraction of sp³-hybridized carbons (Fsp3) is 0.235. The van der Waals surface area contributed by atoms with E-state index >= 15 is 0 Å². The maximum atomic E-state index is 13.9. The van der Waals surface area contributed by atoms with E-state index in [1.807, 2.05) is 18.2 Å². The zero-order chi connectivity index (χ0) is 14.8. The number of carbonyl (C=O) groups excluding carboxylic acids is 1. The third-order valence-electron chi connectivity index (χ3n) is 3.82. The monoisotopic (exact) mass is 303 g/mol. The summed E-state index contributed by atoms with van der Waals surface area (Å²) in [6.45, 7) is 1.64. The molecule has 1 aliphatic heterocycles. The number of ketones is 1. The third-order valence-corrected chi connectivity index (χ3v) is 4.12. The van der Waals surface area contributed by atoms with Gasteiger partial charge in [0.15, 0.2) is 5.78 Å². The highest BCUT2D eigenvalue weighted by Gasteiger charge is 2.19. The molecule has 3 rings (SSSR count). The van der Waals surface area contributed by atoms with Gasteiger partial charge >= 0.3 is 0 Å². The number of nitrogens with one attached hydrogen (secondary N) is 1. The van der Waals surface area contributed by atoms with Crippen molar-refractivity contribution in [3.8, 4) is 0 Å². The molecule has 0 aromatic heterocycles. The lowest BCUT2D eigenvalue weighted by molar-refractivity contribution is 0.0990. The topological polar surface area (TPSA) is 29.1 Å². The van der Waals surface area contributed by atoms with E-state index in [0.717, 1.165) is 30.6 Å². The first-order chi connectivity index (χ1) is 10.2. The molecule has 0 aliphatic carbocycles. The molecule has 2 nitrogen and oxygen atoms in total. The van der Waals surface area contributed by atoms with Crippen LogP contribution in [-0.4, -0.2) is 12.3 Å². The minimum absolute atomic E-state index is 0.0380. The summed E-state index contributed by atoms with van der Waals surface area (Å²) >= 11 is 5.76. The van der Waals surface area contributed by atoms with Gasteiger partial charge in [-0.2, -0.15) is 0 Å². The molecule has 0 fully saturated rings. The molecule has 1 N–H and O–H groups in total. The smallest absolute Gasteiger partial charge is 0.167 e. The Kier molecular flexibility index (Phi) is 4.04. The van der Waals surface area contributed by atoms with Crippen molar-refractivity contribution in [2.75, 3.05) is 6.54 Å². The predicted octanol–water partition coefficient (Wildman–Crippen LogP) is 3.55. The maximum Gasteiger partial charge on any atom is 0.167 e. The lowest BCUT2D eigenvalue weighted by Crippen LogP contribution is -2.25. The summed E-state index contributed by atoms with van der Waals surface area (Å²) in [6.07, 6.45) is 0.867. The largest absolute Gasteiger partial charge is 0.312 e. The van der Waals surface area contributed by atoms with Gasteiger partial charge in [-0.05, 0) is 35.7 Å². The minimum Gasteiger partial charge on any atom is -0.312 e. The molecule has 0 bridgehead atoms. The molecule has 2 aromatic carbocycles. The normalized spacial score (nSPS) is 13.8. The predicted molar refractivity (Wildman–Crippen MR) is 81.3 cm³/mol. The van der Waals surface area contributed by atoms with Gasteiger partial charge in [-0.25, -0.2) is 4.39 Å². The fourth-order valence-corrected chi connectivity index (χ4v) is 2.94. The Morgan fingerprint density at radius 2 is 2.05 bits per heavy atom. The van der Waals surface area contributed by atoms with E-state index in [9.17, 15) is 9.18 Å². The Morgan fingerprint density at radius 1 is 1.24 bits per heavy atom. The molecule has 0 unspecified atom stereocenters. The van der Waals surface area contributed by atoms with Crippen molar-refractivity contribution in [3.05, 3.63) is 69.5 Å². The van der Waals surface area contributed by atoms with Gasteiger partial charge < -0.3 is 5.32 Å². The van der Waals surface area contributed by atoms with Gasteiger partial charge in [0, 0.05) is 18.5 Å². The van der Waals surface area contributed by atoms with Gasteiger partial charge in [0.2, 0.25) is 0 Å². The van der Waals surface area contributed by atoms with Gasteiger partial charge in [0.25, 0.3) is 0 Å². The van der Waals surface area contributed by atoms with E-state index in [1.54, 1.807) is 12.1 Å². The summed E-state index contributed by atoms with van der Waals surface area (Å²) in [4.78, 5) is 12.5. The first-order valence-electron chi connectivity index (χ1n) is 6.94. The van der Waals surface area contributed by atoms with E-state index in [-0.39, 0.29) is 17.2 Å². The number of hydrogen-bond donors (Lipinski definition) is 1. The fourth-order valence-electron chi connectivity index (χ4n) is 2.75. The van der Waals surface area contributed by atoms with Crippen LogP contribution in [-0.2, 0) is 19.4 Å². The summed E-state index contributed by atoms with van der Waals surface area (Å²) < 4.78 is 13.9. The van der Waals surface area contributed by atoms with E-state index < -0.39 is 5.82 Å². The summed E-state index contributed by atoms with van der Waals surface area (Å²) in [6, 6.07) is 10.5. The van der Waals surface area contributed by atoms with Crippen LogP contribution in [0.15, 0.2) is 36.4 Å². The van der Waals surface area contributed by atoms with Crippen LogP contribution < -0.4 is 5.32 Å². The second kappa shape index (κ2) is 5.96. The molecule has 21 heavy (non-hydrogen) atoms. The lowest BCUT2D eigenvalue weighted by atomic mass is 9.91. The van der Waals surface area contributed by atoms with Gasteiger partial charge in [0.05, 0.1) is 5.02 Å². The standard InChI is InChI=1S/C17H15ClFNO/c18-15-6-2-3-11(17(15)19)9-16(21)14-5-1-4-12-10-20-8-7-13(12)14/h1-6,20H,7-10H2. The quantitative estimate of drug-likeness (QED) is 0.879. The van der Waals surface area contributed by atoms with Crippen LogP contribution in [0.25, 0.3) is 0 Å². The summed E-state index contributed by atoms with van der Waals surface area (Å²) in [5, 5.41) is 3.34. The highest BCUT2D eigenvalue weighted by atomic mass is 35.5. The molecular weight excluding hydrogens is 289 g/mol. The van der Waals surface area contributed by atoms with Gasteiger partial charge in [-0.3, -0.25) is 4.79 Å². The molecule has 1 aliphatic rings. The SMILES string of the molecule is O=C(Cc1cccc(Cl)c1F)c1cccc2c1CCNC2. The Balaban J connectivity index is 1.91. The number of hydrogen-bond acceptors (Lipinski definition) is 2. The van der Waals surface area contributed by atoms with E-state index in [1.165, 1.54) is 6.07 Å². The number of carbonyl (C=O) groups is 1. The van der Waals surface area contributed by atoms with Crippen LogP contribution in [0.2, 0.25) is 5.02 Å². The maximum absolute atomic E-state index is 13.9. The highest BCUT2D eigenvalue weighted by molar-refractivity contribution is 6.30. The van der Waals surface area contributed by atoms with Gasteiger partial charge in [-0.15, -0.1) is 0 Å². The van der Waals surface area contributed by atoms with E-state index in [0.29, 0.717) is 11.1 Å². The molecule has 0 amide bonds. The second-order valence-corrected chi connectivity index (χ2v) is 5.59. The molecule has 0 radical (unpaired) electrons. The van der Waals surface area contributed by atoms with E-state index in [4.69, 9.17) is 11.6 Å². The lowest BCUT2D eigenvalue weighted by Gasteiger charge is -2.19. The van der Waals surface area contributed by atoms with Crippen molar-refractivity contribution in [2.24, 2.45) is 0 Å². The number of Topliss-reactive ketones (excluding diaryl/α,β-unsaturated/α-hetero) is 1. The number of rotatable bonds is 3. The zero-order valence-electron chi connectivity index (χ0n) is 11.5. The summed E-state index contributed by atoms with van der Waals surface area (Å²) in [5.41, 5.74) is 3.29. The van der Waals surface area contributed by atoms with Crippen LogP contribution in [0, 0.1) is 5.82 Å². The molecule has 4 heteroatoms. The highest BCUT2D eigenvalue weighted by Crippen LogP contribution is 2.23. The number of halogens is 2. The molecule has 0 saturated carbocycles. The molecule has 2 aromatic rings. The number of fused-ring (bicyclic) bond motifs is 1. The van der Waals surface area contributed by atoms with Gasteiger partial charge in [-0.1, -0.05) is 41.9 Å².